The highest BCUT2D eigenvalue weighted by molar-refractivity contribution is 6.31. The maximum absolute atomic E-state index is 15.3. The van der Waals surface area contributed by atoms with Gasteiger partial charge in [-0.3, -0.25) is 4.79 Å². The van der Waals surface area contributed by atoms with Gasteiger partial charge in [0.2, 0.25) is 5.78 Å². The number of hydrogen-bond acceptors (Lipinski definition) is 2. The molecule has 1 aromatic heterocycles. The smallest absolute Gasteiger partial charge is 0.209 e. The SMILES string of the molecule is CC(C)(C)c1ccc(-n2c(C(=O)c3cc(Cl)cc(N4c5ccc(C(C)(C)C)cc5C5(C)CCCCC45C)c3)cc3cc4c(cc32)C(C)(C)CCC4(C)C)cc1. The van der Waals surface area contributed by atoms with E-state index in [-0.39, 0.29) is 38.4 Å². The molecule has 0 spiro atoms. The van der Waals surface area contributed by atoms with Crippen LogP contribution in [0.4, 0.5) is 11.4 Å². The Hall–Kier alpha value is -3.82. The van der Waals surface area contributed by atoms with Gasteiger partial charge < -0.3 is 9.47 Å². The van der Waals surface area contributed by atoms with Crippen LogP contribution in [0.1, 0.15) is 165 Å². The predicted octanol–water partition coefficient (Wildman–Crippen LogP) is 14.2. The summed E-state index contributed by atoms with van der Waals surface area (Å²) in [6.45, 7) is 28.0. The van der Waals surface area contributed by atoms with Gasteiger partial charge in [0, 0.05) is 38.4 Å². The summed E-state index contributed by atoms with van der Waals surface area (Å²) in [5.74, 6) is -0.0181. The van der Waals surface area contributed by atoms with Crippen molar-refractivity contribution in [3.8, 4) is 5.69 Å². The van der Waals surface area contributed by atoms with Gasteiger partial charge in [-0.25, -0.2) is 0 Å². The molecule has 3 aliphatic rings. The minimum absolute atomic E-state index is 0.0181. The van der Waals surface area contributed by atoms with Gasteiger partial charge in [0.25, 0.3) is 0 Å². The zero-order valence-electron chi connectivity index (χ0n) is 35.4. The van der Waals surface area contributed by atoms with Crippen LogP contribution in [0.2, 0.25) is 5.02 Å². The van der Waals surface area contributed by atoms with Crippen molar-refractivity contribution in [3.05, 3.63) is 123 Å². The highest BCUT2D eigenvalue weighted by atomic mass is 35.5. The third kappa shape index (κ3) is 5.93. The molecule has 1 aliphatic heterocycles. The van der Waals surface area contributed by atoms with Crippen LogP contribution in [0.25, 0.3) is 16.6 Å². The summed E-state index contributed by atoms with van der Waals surface area (Å²) >= 11 is 7.09. The molecule has 8 rings (SSSR count). The summed E-state index contributed by atoms with van der Waals surface area (Å²) in [5, 5.41) is 1.68. The standard InChI is InChI=1S/C51H61ClN2O/c1-46(2,3)34-15-18-37(19-16-34)53-43-31-40-39(48(7,8)23-24-49(40,9)10)27-32(43)28-44(53)45(55)33-25-36(52)30-38(26-33)54-42-20-17-35(47(4,5)6)29-41(42)50(11)21-13-14-22-51(50,54)12/h15-20,25-31H,13-14,21-24H2,1-12H3. The van der Waals surface area contributed by atoms with Crippen molar-refractivity contribution < 1.29 is 4.79 Å². The number of rotatable bonds is 4. The van der Waals surface area contributed by atoms with Crippen molar-refractivity contribution >= 4 is 39.7 Å². The first-order valence-corrected chi connectivity index (χ1v) is 21.1. The summed E-state index contributed by atoms with van der Waals surface area (Å²) in [6, 6.07) is 28.9. The van der Waals surface area contributed by atoms with Gasteiger partial charge in [-0.1, -0.05) is 125 Å². The molecule has 4 heteroatoms. The number of nitrogens with zero attached hydrogens (tertiary/aromatic N) is 2. The number of halogens is 1. The van der Waals surface area contributed by atoms with Crippen LogP contribution in [0.5, 0.6) is 0 Å². The number of fused-ring (bicyclic) bond motifs is 5. The average molecular weight is 754 g/mol. The van der Waals surface area contributed by atoms with Crippen LogP contribution in [0.15, 0.2) is 78.9 Å². The molecule has 0 bridgehead atoms. The minimum atomic E-state index is -0.155. The Kier molecular flexibility index (Phi) is 8.54. The Morgan fingerprint density at radius 3 is 1.85 bits per heavy atom. The monoisotopic (exact) mass is 752 g/mol. The molecule has 2 heterocycles. The molecule has 55 heavy (non-hydrogen) atoms. The Morgan fingerprint density at radius 1 is 0.618 bits per heavy atom. The molecule has 1 fully saturated rings. The summed E-state index contributed by atoms with van der Waals surface area (Å²) in [5.41, 5.74) is 12.4. The molecule has 2 atom stereocenters. The van der Waals surface area contributed by atoms with Crippen LogP contribution in [-0.2, 0) is 27.1 Å². The Balaban J connectivity index is 1.32. The van der Waals surface area contributed by atoms with Crippen LogP contribution in [-0.4, -0.2) is 15.9 Å². The highest BCUT2D eigenvalue weighted by Gasteiger charge is 2.58. The van der Waals surface area contributed by atoms with Gasteiger partial charge in [0.1, 0.15) is 0 Å². The van der Waals surface area contributed by atoms with E-state index in [4.69, 9.17) is 11.6 Å². The number of carbonyl (C=O) groups excluding carboxylic acids is 1. The third-order valence-corrected chi connectivity index (χ3v) is 14.6. The molecule has 0 N–H and O–H groups in total. The normalized spacial score (nSPS) is 23.0. The van der Waals surface area contributed by atoms with Crippen LogP contribution >= 0.6 is 11.6 Å². The third-order valence-electron chi connectivity index (χ3n) is 14.4. The molecule has 5 aromatic rings. The molecule has 0 radical (unpaired) electrons. The van der Waals surface area contributed by atoms with Gasteiger partial charge >= 0.3 is 0 Å². The van der Waals surface area contributed by atoms with Crippen molar-refractivity contribution in [2.75, 3.05) is 4.90 Å². The molecule has 3 nitrogen and oxygen atoms in total. The van der Waals surface area contributed by atoms with Crippen molar-refractivity contribution in [2.24, 2.45) is 0 Å². The van der Waals surface area contributed by atoms with Crippen LogP contribution < -0.4 is 4.90 Å². The Bertz CT molecular complexity index is 2360. The zero-order valence-corrected chi connectivity index (χ0v) is 36.2. The second kappa shape index (κ2) is 12.3. The van der Waals surface area contributed by atoms with Crippen LogP contribution in [0, 0.1) is 0 Å². The maximum Gasteiger partial charge on any atom is 0.209 e. The molecule has 0 saturated heterocycles. The molecule has 288 valence electrons. The van der Waals surface area contributed by atoms with E-state index in [0.29, 0.717) is 16.3 Å². The Morgan fingerprint density at radius 2 is 1.22 bits per heavy atom. The van der Waals surface area contributed by atoms with Gasteiger partial charge in [-0.2, -0.15) is 0 Å². The predicted molar refractivity (Wildman–Crippen MR) is 234 cm³/mol. The van der Waals surface area contributed by atoms with Crippen molar-refractivity contribution in [1.29, 1.82) is 0 Å². The Labute approximate surface area is 335 Å². The second-order valence-corrected chi connectivity index (χ2v) is 21.5. The van der Waals surface area contributed by atoms with Crippen molar-refractivity contribution in [3.63, 3.8) is 0 Å². The van der Waals surface area contributed by atoms with Gasteiger partial charge in [-0.05, 0) is 137 Å². The van der Waals surface area contributed by atoms with E-state index in [1.807, 2.05) is 6.07 Å². The fourth-order valence-corrected chi connectivity index (χ4v) is 10.6. The first-order valence-electron chi connectivity index (χ1n) is 20.7. The summed E-state index contributed by atoms with van der Waals surface area (Å²) < 4.78 is 2.21. The zero-order chi connectivity index (χ0) is 39.7. The molecular weight excluding hydrogens is 692 g/mol. The lowest BCUT2D eigenvalue weighted by atomic mass is 9.61. The van der Waals surface area contributed by atoms with E-state index >= 15 is 4.79 Å². The molecule has 0 amide bonds. The number of anilines is 2. The quantitative estimate of drug-likeness (QED) is 0.171. The van der Waals surface area contributed by atoms with Gasteiger partial charge in [-0.15, -0.1) is 0 Å². The number of carbonyl (C=O) groups is 1. The second-order valence-electron chi connectivity index (χ2n) is 21.0. The summed E-state index contributed by atoms with van der Waals surface area (Å²) in [7, 11) is 0. The fourth-order valence-electron chi connectivity index (χ4n) is 10.4. The van der Waals surface area contributed by atoms with Gasteiger partial charge in [0.15, 0.2) is 0 Å². The topological polar surface area (TPSA) is 25.2 Å². The molecule has 2 unspecified atom stereocenters. The molecule has 4 aromatic carbocycles. The maximum atomic E-state index is 15.3. The van der Waals surface area contributed by atoms with E-state index < -0.39 is 0 Å². The van der Waals surface area contributed by atoms with E-state index in [1.165, 1.54) is 46.3 Å². The van der Waals surface area contributed by atoms with E-state index in [9.17, 15) is 0 Å². The molecular formula is C51H61ClN2O. The first kappa shape index (κ1) is 38.1. The minimum Gasteiger partial charge on any atom is -0.334 e. The number of benzene rings is 4. The fraction of sp³-hybridized carbons (Fsp3) is 0.471. The number of aromatic nitrogens is 1. The van der Waals surface area contributed by atoms with E-state index in [1.54, 1.807) is 0 Å². The summed E-state index contributed by atoms with van der Waals surface area (Å²) in [6.07, 6.45) is 6.89. The van der Waals surface area contributed by atoms with Crippen LogP contribution in [0.3, 0.4) is 0 Å². The van der Waals surface area contributed by atoms with E-state index in [0.717, 1.165) is 48.0 Å². The number of ketones is 1. The first-order chi connectivity index (χ1) is 25.5. The lowest BCUT2D eigenvalue weighted by molar-refractivity contribution is 0.103. The van der Waals surface area contributed by atoms with Crippen molar-refractivity contribution in [2.45, 2.75) is 154 Å². The molecule has 1 saturated carbocycles. The lowest BCUT2D eigenvalue weighted by Gasteiger charge is -2.50. The highest BCUT2D eigenvalue weighted by Crippen LogP contribution is 2.61. The van der Waals surface area contributed by atoms with Gasteiger partial charge in [0.05, 0.1) is 16.7 Å². The summed E-state index contributed by atoms with van der Waals surface area (Å²) in [4.78, 5) is 17.8. The van der Waals surface area contributed by atoms with E-state index in [2.05, 4.69) is 165 Å². The van der Waals surface area contributed by atoms with Crippen molar-refractivity contribution in [1.82, 2.24) is 4.57 Å². The number of hydrogen-bond donors (Lipinski definition) is 0. The average Bonchev–Trinajstić information content (AvgIpc) is 3.58. The lowest BCUT2D eigenvalue weighted by Crippen LogP contribution is -2.54. The molecule has 2 aliphatic carbocycles. The largest absolute Gasteiger partial charge is 0.334 e.